The second kappa shape index (κ2) is 7.88. The van der Waals surface area contributed by atoms with Gasteiger partial charge in [0.25, 0.3) is 0 Å². The van der Waals surface area contributed by atoms with Crippen molar-refractivity contribution in [3.8, 4) is 0 Å². The Morgan fingerprint density at radius 2 is 1.87 bits per heavy atom. The lowest BCUT2D eigenvalue weighted by atomic mass is 9.97. The second-order valence-corrected chi connectivity index (χ2v) is 7.93. The van der Waals surface area contributed by atoms with Crippen molar-refractivity contribution >= 4 is 21.6 Å². The first-order valence-electron chi connectivity index (χ1n) is 7.96. The van der Waals surface area contributed by atoms with Crippen LogP contribution < -0.4 is 5.32 Å². The standard InChI is InChI=1S/C16H23FN2O3S/c1-2-3-12-23(21,22)19-10-8-13(9-11-19)16(20)18-15-6-4-14(17)5-7-15/h4-7,13H,2-3,8-12H2,1H3,(H,18,20). The van der Waals surface area contributed by atoms with Crippen LogP contribution in [-0.4, -0.2) is 37.5 Å². The molecule has 2 rings (SSSR count). The molecule has 7 heteroatoms. The third-order valence-corrected chi connectivity index (χ3v) is 6.04. The van der Waals surface area contributed by atoms with Gasteiger partial charge in [-0.05, 0) is 43.5 Å². The van der Waals surface area contributed by atoms with E-state index >= 15 is 0 Å². The van der Waals surface area contributed by atoms with E-state index in [0.29, 0.717) is 38.0 Å². The van der Waals surface area contributed by atoms with Gasteiger partial charge < -0.3 is 5.32 Å². The van der Waals surface area contributed by atoms with E-state index in [4.69, 9.17) is 0 Å². The molecule has 0 aromatic heterocycles. The van der Waals surface area contributed by atoms with Crippen molar-refractivity contribution in [2.45, 2.75) is 32.6 Å². The monoisotopic (exact) mass is 342 g/mol. The summed E-state index contributed by atoms with van der Waals surface area (Å²) in [6.45, 7) is 2.72. The van der Waals surface area contributed by atoms with E-state index in [1.165, 1.54) is 28.6 Å². The summed E-state index contributed by atoms with van der Waals surface area (Å²) in [6.07, 6.45) is 2.53. The molecule has 128 valence electrons. The number of nitrogens with one attached hydrogen (secondary N) is 1. The fourth-order valence-electron chi connectivity index (χ4n) is 2.63. The smallest absolute Gasteiger partial charge is 0.227 e. The number of piperidine rings is 1. The second-order valence-electron chi connectivity index (χ2n) is 5.84. The molecule has 1 heterocycles. The molecule has 0 atom stereocenters. The third-order valence-electron chi connectivity index (χ3n) is 4.09. The molecule has 1 N–H and O–H groups in total. The van der Waals surface area contributed by atoms with Crippen LogP contribution in [0.25, 0.3) is 0 Å². The molecule has 0 bridgehead atoms. The van der Waals surface area contributed by atoms with E-state index in [-0.39, 0.29) is 23.4 Å². The van der Waals surface area contributed by atoms with Gasteiger partial charge in [-0.15, -0.1) is 0 Å². The molecule has 0 unspecified atom stereocenters. The number of sulfonamides is 1. The highest BCUT2D eigenvalue weighted by molar-refractivity contribution is 7.89. The van der Waals surface area contributed by atoms with Gasteiger partial charge in [0.15, 0.2) is 0 Å². The first kappa shape index (κ1) is 17.9. The molecule has 0 spiro atoms. The summed E-state index contributed by atoms with van der Waals surface area (Å²) < 4.78 is 38.6. The molecule has 1 aliphatic rings. The number of halogens is 1. The van der Waals surface area contributed by atoms with Crippen LogP contribution in [0, 0.1) is 11.7 Å². The van der Waals surface area contributed by atoms with Crippen molar-refractivity contribution < 1.29 is 17.6 Å². The Balaban J connectivity index is 1.86. The van der Waals surface area contributed by atoms with E-state index in [2.05, 4.69) is 5.32 Å². The van der Waals surface area contributed by atoms with Crippen molar-refractivity contribution in [1.29, 1.82) is 0 Å². The molecule has 1 aliphatic heterocycles. The van der Waals surface area contributed by atoms with E-state index in [1.807, 2.05) is 6.92 Å². The molecule has 1 aromatic rings. The van der Waals surface area contributed by atoms with Gasteiger partial charge in [0.05, 0.1) is 5.75 Å². The molecular weight excluding hydrogens is 319 g/mol. The molecule has 1 fully saturated rings. The summed E-state index contributed by atoms with van der Waals surface area (Å²) in [5.74, 6) is -0.524. The Labute approximate surface area is 136 Å². The van der Waals surface area contributed by atoms with Gasteiger partial charge in [0.2, 0.25) is 15.9 Å². The van der Waals surface area contributed by atoms with Gasteiger partial charge in [0, 0.05) is 24.7 Å². The predicted molar refractivity (Wildman–Crippen MR) is 88.0 cm³/mol. The molecule has 1 saturated heterocycles. The van der Waals surface area contributed by atoms with Crippen LogP contribution in [0.5, 0.6) is 0 Å². The van der Waals surface area contributed by atoms with Crippen molar-refractivity contribution in [2.75, 3.05) is 24.2 Å². The topological polar surface area (TPSA) is 66.5 Å². The minimum Gasteiger partial charge on any atom is -0.326 e. The van der Waals surface area contributed by atoms with Crippen LogP contribution in [-0.2, 0) is 14.8 Å². The van der Waals surface area contributed by atoms with E-state index in [9.17, 15) is 17.6 Å². The number of amides is 1. The Kier molecular flexibility index (Phi) is 6.12. The number of benzene rings is 1. The zero-order valence-corrected chi connectivity index (χ0v) is 14.1. The fraction of sp³-hybridized carbons (Fsp3) is 0.562. The lowest BCUT2D eigenvalue weighted by Gasteiger charge is -2.30. The van der Waals surface area contributed by atoms with Gasteiger partial charge >= 0.3 is 0 Å². The summed E-state index contributed by atoms with van der Waals surface area (Å²) >= 11 is 0. The highest BCUT2D eigenvalue weighted by Crippen LogP contribution is 2.22. The SMILES string of the molecule is CCCCS(=O)(=O)N1CCC(C(=O)Nc2ccc(F)cc2)CC1. The first-order valence-corrected chi connectivity index (χ1v) is 9.57. The number of hydrogen-bond acceptors (Lipinski definition) is 3. The summed E-state index contributed by atoms with van der Waals surface area (Å²) in [5, 5.41) is 2.75. The highest BCUT2D eigenvalue weighted by Gasteiger charge is 2.30. The number of hydrogen-bond donors (Lipinski definition) is 1. The Bertz CT molecular complexity index is 623. The third kappa shape index (κ3) is 5.00. The van der Waals surface area contributed by atoms with Gasteiger partial charge in [0.1, 0.15) is 5.82 Å². The number of carbonyl (C=O) groups is 1. The maximum absolute atomic E-state index is 12.8. The Hall–Kier alpha value is -1.47. The molecular formula is C16H23FN2O3S. The number of unbranched alkanes of at least 4 members (excludes halogenated alkanes) is 1. The van der Waals surface area contributed by atoms with Crippen LogP contribution in [0.4, 0.5) is 10.1 Å². The summed E-state index contributed by atoms with van der Waals surface area (Å²) in [7, 11) is -3.20. The quantitative estimate of drug-likeness (QED) is 0.864. The van der Waals surface area contributed by atoms with Crippen LogP contribution in [0.2, 0.25) is 0 Å². The molecule has 5 nitrogen and oxygen atoms in total. The molecule has 0 radical (unpaired) electrons. The lowest BCUT2D eigenvalue weighted by Crippen LogP contribution is -2.42. The Morgan fingerprint density at radius 1 is 1.26 bits per heavy atom. The van der Waals surface area contributed by atoms with Crippen molar-refractivity contribution in [1.82, 2.24) is 4.31 Å². The van der Waals surface area contributed by atoms with Gasteiger partial charge in [-0.3, -0.25) is 4.79 Å². The maximum Gasteiger partial charge on any atom is 0.227 e. The molecule has 0 saturated carbocycles. The van der Waals surface area contributed by atoms with Gasteiger partial charge in [-0.2, -0.15) is 0 Å². The molecule has 1 aromatic carbocycles. The zero-order chi connectivity index (χ0) is 16.9. The Morgan fingerprint density at radius 3 is 2.43 bits per heavy atom. The predicted octanol–water partition coefficient (Wildman–Crippen LogP) is 2.61. The van der Waals surface area contributed by atoms with Gasteiger partial charge in [-0.25, -0.2) is 17.1 Å². The van der Waals surface area contributed by atoms with Crippen LogP contribution in [0.3, 0.4) is 0 Å². The summed E-state index contributed by atoms with van der Waals surface area (Å²) in [5.41, 5.74) is 0.550. The van der Waals surface area contributed by atoms with Crippen LogP contribution in [0.15, 0.2) is 24.3 Å². The van der Waals surface area contributed by atoms with E-state index in [1.54, 1.807) is 0 Å². The average molecular weight is 342 g/mol. The minimum absolute atomic E-state index is 0.137. The first-order chi connectivity index (χ1) is 10.9. The van der Waals surface area contributed by atoms with E-state index in [0.717, 1.165) is 6.42 Å². The van der Waals surface area contributed by atoms with Crippen LogP contribution >= 0.6 is 0 Å². The molecule has 23 heavy (non-hydrogen) atoms. The summed E-state index contributed by atoms with van der Waals surface area (Å²) in [6, 6.07) is 5.60. The largest absolute Gasteiger partial charge is 0.326 e. The lowest BCUT2D eigenvalue weighted by molar-refractivity contribution is -0.120. The maximum atomic E-state index is 12.8. The zero-order valence-electron chi connectivity index (χ0n) is 13.3. The van der Waals surface area contributed by atoms with Crippen LogP contribution in [0.1, 0.15) is 32.6 Å². The molecule has 0 aliphatic carbocycles. The van der Waals surface area contributed by atoms with Gasteiger partial charge in [-0.1, -0.05) is 13.3 Å². The fourth-order valence-corrected chi connectivity index (χ4v) is 4.31. The average Bonchev–Trinajstić information content (AvgIpc) is 2.55. The number of carbonyl (C=O) groups excluding carboxylic acids is 1. The molecule has 1 amide bonds. The summed E-state index contributed by atoms with van der Waals surface area (Å²) in [4.78, 5) is 12.2. The highest BCUT2D eigenvalue weighted by atomic mass is 32.2. The van der Waals surface area contributed by atoms with Crippen molar-refractivity contribution in [3.05, 3.63) is 30.1 Å². The minimum atomic E-state index is -3.20. The number of anilines is 1. The number of nitrogens with zero attached hydrogens (tertiary/aromatic N) is 1. The normalized spacial score (nSPS) is 17.1. The van der Waals surface area contributed by atoms with Crippen molar-refractivity contribution in [3.63, 3.8) is 0 Å². The van der Waals surface area contributed by atoms with Crippen molar-refractivity contribution in [2.24, 2.45) is 5.92 Å². The van der Waals surface area contributed by atoms with E-state index < -0.39 is 10.0 Å². The number of rotatable bonds is 6.